The third kappa shape index (κ3) is 2.73. The van der Waals surface area contributed by atoms with Gasteiger partial charge in [0.05, 0.1) is 5.39 Å². The molecule has 0 radical (unpaired) electrons. The third-order valence-corrected chi connectivity index (χ3v) is 5.12. The predicted octanol–water partition coefficient (Wildman–Crippen LogP) is 1.03. The first-order valence-corrected chi connectivity index (χ1v) is 8.47. The molecule has 0 spiro atoms. The summed E-state index contributed by atoms with van der Waals surface area (Å²) < 4.78 is 33.9. The summed E-state index contributed by atoms with van der Waals surface area (Å²) in [6.07, 6.45) is -2.59. The lowest BCUT2D eigenvalue weighted by molar-refractivity contribution is -0.115. The highest BCUT2D eigenvalue weighted by Gasteiger charge is 2.55. The van der Waals surface area contributed by atoms with E-state index in [1.165, 1.54) is 23.9 Å². The van der Waals surface area contributed by atoms with Gasteiger partial charge >= 0.3 is 0 Å². The Morgan fingerprint density at radius 2 is 2.00 bits per heavy atom. The number of anilines is 1. The minimum Gasteiger partial charge on any atom is -0.386 e. The van der Waals surface area contributed by atoms with Gasteiger partial charge < -0.3 is 30.4 Å². The minimum absolute atomic E-state index is 0.000888. The maximum absolute atomic E-state index is 13.5. The van der Waals surface area contributed by atoms with E-state index >= 15 is 0 Å². The number of halogens is 2. The summed E-state index contributed by atoms with van der Waals surface area (Å²) >= 11 is 0. The van der Waals surface area contributed by atoms with Gasteiger partial charge in [-0.05, 0) is 30.7 Å². The zero-order valence-electron chi connectivity index (χ0n) is 14.7. The lowest BCUT2D eigenvalue weighted by Crippen LogP contribution is -2.47. The van der Waals surface area contributed by atoms with E-state index in [-0.39, 0.29) is 11.4 Å². The molecule has 5 atom stereocenters. The third-order valence-electron chi connectivity index (χ3n) is 5.12. The minimum atomic E-state index is -1.90. The average Bonchev–Trinajstić information content (AvgIpc) is 3.17. The average molecular weight is 392 g/mol. The highest BCUT2D eigenvalue weighted by atomic mass is 19.2. The van der Waals surface area contributed by atoms with Crippen LogP contribution in [-0.4, -0.2) is 47.7 Å². The Morgan fingerprint density at radius 1 is 1.25 bits per heavy atom. The maximum atomic E-state index is 13.5. The van der Waals surface area contributed by atoms with Gasteiger partial charge in [-0.25, -0.2) is 18.7 Å². The van der Waals surface area contributed by atoms with Crippen LogP contribution in [0.5, 0.6) is 0 Å². The molecule has 5 N–H and O–H groups in total. The largest absolute Gasteiger partial charge is 0.386 e. The van der Waals surface area contributed by atoms with Crippen molar-refractivity contribution in [3.63, 3.8) is 0 Å². The molecule has 1 saturated heterocycles. The van der Waals surface area contributed by atoms with Crippen molar-refractivity contribution in [3.8, 4) is 0 Å². The first-order valence-electron chi connectivity index (χ1n) is 8.47. The van der Waals surface area contributed by atoms with Crippen LogP contribution in [0.3, 0.4) is 0 Å². The van der Waals surface area contributed by atoms with E-state index in [0.29, 0.717) is 11.0 Å². The predicted molar refractivity (Wildman–Crippen MR) is 93.8 cm³/mol. The molecular formula is C18H18F2N4O4. The smallest absolute Gasteiger partial charge is 0.164 e. The number of hydrogen-bond donors (Lipinski definition) is 4. The van der Waals surface area contributed by atoms with Gasteiger partial charge in [0.1, 0.15) is 41.7 Å². The van der Waals surface area contributed by atoms with E-state index in [1.54, 1.807) is 12.3 Å². The summed E-state index contributed by atoms with van der Waals surface area (Å²) in [5.41, 5.74) is 4.28. The number of hydrogen-bond acceptors (Lipinski definition) is 7. The molecule has 1 fully saturated rings. The van der Waals surface area contributed by atoms with E-state index in [9.17, 15) is 24.1 Å². The fraction of sp³-hybridized carbons (Fsp3) is 0.333. The molecule has 148 valence electrons. The van der Waals surface area contributed by atoms with Crippen molar-refractivity contribution in [2.24, 2.45) is 0 Å². The molecule has 10 heteroatoms. The summed E-state index contributed by atoms with van der Waals surface area (Å²) in [6, 6.07) is 4.50. The second-order valence-electron chi connectivity index (χ2n) is 6.96. The molecule has 0 amide bonds. The molecule has 28 heavy (non-hydrogen) atoms. The number of rotatable bonds is 3. The first-order chi connectivity index (χ1) is 13.2. The normalized spacial score (nSPS) is 28.7. The maximum Gasteiger partial charge on any atom is 0.164 e. The van der Waals surface area contributed by atoms with E-state index in [0.717, 1.165) is 12.1 Å². The molecule has 3 aromatic rings. The van der Waals surface area contributed by atoms with Crippen LogP contribution in [0.15, 0.2) is 36.8 Å². The van der Waals surface area contributed by atoms with Crippen LogP contribution in [-0.2, 0) is 4.74 Å². The van der Waals surface area contributed by atoms with E-state index in [4.69, 9.17) is 10.5 Å². The van der Waals surface area contributed by atoms with Crippen LogP contribution in [0.1, 0.15) is 24.8 Å². The molecule has 2 aromatic heterocycles. The fourth-order valence-corrected chi connectivity index (χ4v) is 3.50. The molecular weight excluding hydrogens is 374 g/mol. The number of nitrogen functional groups attached to an aromatic ring is 1. The van der Waals surface area contributed by atoms with Gasteiger partial charge in [-0.3, -0.25) is 0 Å². The second-order valence-corrected chi connectivity index (χ2v) is 6.96. The van der Waals surface area contributed by atoms with Crippen molar-refractivity contribution in [2.45, 2.75) is 37.1 Å². The molecule has 0 unspecified atom stereocenters. The van der Waals surface area contributed by atoms with Crippen LogP contribution < -0.4 is 5.73 Å². The lowest BCUT2D eigenvalue weighted by atomic mass is 9.88. The van der Waals surface area contributed by atoms with Crippen molar-refractivity contribution < 1.29 is 28.8 Å². The Labute approximate surface area is 157 Å². The number of aliphatic hydroxyl groups is 3. The highest BCUT2D eigenvalue weighted by Crippen LogP contribution is 2.43. The molecule has 1 aliphatic heterocycles. The molecule has 0 saturated carbocycles. The fourth-order valence-electron chi connectivity index (χ4n) is 3.50. The Hall–Kier alpha value is -2.66. The monoisotopic (exact) mass is 392 g/mol. The van der Waals surface area contributed by atoms with Gasteiger partial charge in [-0.2, -0.15) is 0 Å². The highest BCUT2D eigenvalue weighted by molar-refractivity contribution is 5.86. The van der Waals surface area contributed by atoms with E-state index in [1.807, 2.05) is 0 Å². The molecule has 1 aliphatic rings. The number of nitrogens with two attached hydrogens (primary N) is 1. The Balaban J connectivity index is 1.71. The van der Waals surface area contributed by atoms with Crippen LogP contribution in [0.25, 0.3) is 11.0 Å². The van der Waals surface area contributed by atoms with Crippen LogP contribution in [0.4, 0.5) is 14.6 Å². The van der Waals surface area contributed by atoms with Gasteiger partial charge in [0.2, 0.25) is 0 Å². The molecule has 3 heterocycles. The number of nitrogens with zero attached hydrogens (tertiary/aromatic N) is 3. The summed E-state index contributed by atoms with van der Waals surface area (Å²) in [4.78, 5) is 8.01. The number of ether oxygens (including phenoxy) is 1. The zero-order chi connectivity index (χ0) is 20.2. The van der Waals surface area contributed by atoms with Gasteiger partial charge in [0, 0.05) is 6.20 Å². The standard InChI is InChI=1S/C18H18F2N4O4/c1-18(27)13(26)17(24-5-4-9-15(21)22-7-23-16(9)24)28-14(18)12(25)8-2-3-10(19)11(20)6-8/h2-7,12-14,17,25-27H,1H3,(H2,21,22,23)/t12-,13+,14-,17-,18+/m1/s1. The van der Waals surface area contributed by atoms with E-state index < -0.39 is 41.8 Å². The summed E-state index contributed by atoms with van der Waals surface area (Å²) in [6.45, 7) is 1.29. The number of aliphatic hydroxyl groups excluding tert-OH is 2. The second kappa shape index (κ2) is 6.45. The van der Waals surface area contributed by atoms with Gasteiger partial charge in [0.15, 0.2) is 17.9 Å². The lowest BCUT2D eigenvalue weighted by Gasteiger charge is -2.29. The zero-order valence-corrected chi connectivity index (χ0v) is 14.7. The summed E-state index contributed by atoms with van der Waals surface area (Å²) in [5.74, 6) is -1.97. The van der Waals surface area contributed by atoms with Crippen LogP contribution in [0.2, 0.25) is 0 Å². The number of benzene rings is 1. The molecule has 8 nitrogen and oxygen atoms in total. The van der Waals surface area contributed by atoms with Gasteiger partial charge in [-0.15, -0.1) is 0 Å². The van der Waals surface area contributed by atoms with Crippen molar-refractivity contribution in [1.82, 2.24) is 14.5 Å². The topological polar surface area (TPSA) is 127 Å². The molecule has 0 aliphatic carbocycles. The quantitative estimate of drug-likeness (QED) is 0.524. The first kappa shape index (κ1) is 18.7. The summed E-state index contributed by atoms with van der Waals surface area (Å²) in [7, 11) is 0. The molecule has 1 aromatic carbocycles. The van der Waals surface area contributed by atoms with Gasteiger partial charge in [0.25, 0.3) is 0 Å². The van der Waals surface area contributed by atoms with E-state index in [2.05, 4.69) is 9.97 Å². The molecule has 0 bridgehead atoms. The van der Waals surface area contributed by atoms with Crippen molar-refractivity contribution in [2.75, 3.05) is 5.73 Å². The number of fused-ring (bicyclic) bond motifs is 1. The van der Waals surface area contributed by atoms with Crippen molar-refractivity contribution in [3.05, 3.63) is 54.0 Å². The van der Waals surface area contributed by atoms with Crippen molar-refractivity contribution >= 4 is 16.9 Å². The molecule has 4 rings (SSSR count). The Morgan fingerprint density at radius 3 is 2.71 bits per heavy atom. The van der Waals surface area contributed by atoms with Crippen LogP contribution in [0, 0.1) is 11.6 Å². The Bertz CT molecular complexity index is 1040. The SMILES string of the molecule is C[C@@]1(O)[C@@H]([C@H](O)c2ccc(F)c(F)c2)O[C@@H](n2ccc3c(N)ncnc32)[C@@H]1O. The van der Waals surface area contributed by atoms with Gasteiger partial charge in [-0.1, -0.05) is 6.07 Å². The summed E-state index contributed by atoms with van der Waals surface area (Å²) in [5, 5.41) is 32.6. The number of aromatic nitrogens is 3. The Kier molecular flexibility index (Phi) is 4.31. The van der Waals surface area contributed by atoms with Crippen LogP contribution >= 0.6 is 0 Å². The van der Waals surface area contributed by atoms with Crippen molar-refractivity contribution in [1.29, 1.82) is 0 Å².